The Labute approximate surface area is 79.6 Å². The van der Waals surface area contributed by atoms with Gasteiger partial charge in [-0.2, -0.15) is 11.8 Å². The Bertz CT molecular complexity index is 189. The summed E-state index contributed by atoms with van der Waals surface area (Å²) in [4.78, 5) is 21.7. The van der Waals surface area contributed by atoms with Crippen LogP contribution in [0.5, 0.6) is 0 Å². The fourth-order valence-electron chi connectivity index (χ4n) is 0.582. The van der Waals surface area contributed by atoms with E-state index in [9.17, 15) is 9.59 Å². The Morgan fingerprint density at radius 3 is 2.83 bits per heavy atom. The van der Waals surface area contributed by atoms with E-state index in [1.54, 1.807) is 6.92 Å². The van der Waals surface area contributed by atoms with Gasteiger partial charge in [0.2, 0.25) is 0 Å². The van der Waals surface area contributed by atoms with Gasteiger partial charge < -0.3 is 4.74 Å². The summed E-state index contributed by atoms with van der Waals surface area (Å²) in [6, 6.07) is 0. The van der Waals surface area contributed by atoms with Crippen LogP contribution in [0.15, 0.2) is 0 Å². The average molecular weight is 206 g/mol. The molecule has 0 aromatic heterocycles. The third-order valence-electron chi connectivity index (χ3n) is 1.24. The van der Waals surface area contributed by atoms with Crippen LogP contribution in [0.3, 0.4) is 0 Å². The van der Waals surface area contributed by atoms with E-state index in [0.717, 1.165) is 23.3 Å². The molecule has 0 saturated carbocycles. The molecule has 68 valence electrons. The third kappa shape index (κ3) is 3.49. The van der Waals surface area contributed by atoms with Crippen molar-refractivity contribution >= 4 is 34.6 Å². The maximum atomic E-state index is 10.9. The molecule has 1 unspecified atom stereocenters. The number of carbonyl (C=O) groups excluding carboxylic acids is 2. The highest BCUT2D eigenvalue weighted by molar-refractivity contribution is 8.16. The van der Waals surface area contributed by atoms with Gasteiger partial charge in [0.15, 0.2) is 0 Å². The minimum atomic E-state index is -0.715. The zero-order valence-electron chi connectivity index (χ0n) is 6.74. The molecule has 3 nitrogen and oxygen atoms in total. The molecule has 1 heterocycles. The number of rotatable bonds is 3. The van der Waals surface area contributed by atoms with Gasteiger partial charge in [-0.3, -0.25) is 4.79 Å². The lowest BCUT2D eigenvalue weighted by atomic mass is 10.6. The molecule has 0 bridgehead atoms. The predicted molar refractivity (Wildman–Crippen MR) is 50.3 cm³/mol. The molecule has 0 N–H and O–H groups in total. The van der Waals surface area contributed by atoms with Crippen molar-refractivity contribution in [3.8, 4) is 0 Å². The Kier molecular flexibility index (Phi) is 3.94. The second-order valence-electron chi connectivity index (χ2n) is 2.27. The number of hydrogen-bond acceptors (Lipinski definition) is 5. The smallest absolute Gasteiger partial charge is 0.385 e. The van der Waals surface area contributed by atoms with Crippen LogP contribution in [0.4, 0.5) is 0 Å². The van der Waals surface area contributed by atoms with E-state index in [1.165, 1.54) is 0 Å². The molecule has 0 amide bonds. The van der Waals surface area contributed by atoms with Crippen LogP contribution in [0.1, 0.15) is 6.92 Å². The van der Waals surface area contributed by atoms with Crippen LogP contribution in [0.2, 0.25) is 0 Å². The Hall–Kier alpha value is -0.160. The monoisotopic (exact) mass is 206 g/mol. The highest BCUT2D eigenvalue weighted by atomic mass is 32.2. The van der Waals surface area contributed by atoms with Crippen LogP contribution in [0.25, 0.3) is 0 Å². The SMILES string of the molecule is CCOC(=O)C(=O)SCC1CS1. The molecule has 1 fully saturated rings. The first-order valence-electron chi connectivity index (χ1n) is 3.69. The summed E-state index contributed by atoms with van der Waals surface area (Å²) in [7, 11) is 0. The number of ether oxygens (including phenoxy) is 1. The number of esters is 1. The molecule has 0 aromatic rings. The first kappa shape index (κ1) is 9.92. The van der Waals surface area contributed by atoms with Gasteiger partial charge in [-0.15, -0.1) is 0 Å². The third-order valence-corrected chi connectivity index (χ3v) is 3.43. The molecule has 1 rings (SSSR count). The summed E-state index contributed by atoms with van der Waals surface area (Å²) >= 11 is 2.87. The molecule has 12 heavy (non-hydrogen) atoms. The van der Waals surface area contributed by atoms with Crippen molar-refractivity contribution in [3.05, 3.63) is 0 Å². The van der Waals surface area contributed by atoms with Gasteiger partial charge >= 0.3 is 5.97 Å². The van der Waals surface area contributed by atoms with Crippen molar-refractivity contribution in [1.29, 1.82) is 0 Å². The van der Waals surface area contributed by atoms with Gasteiger partial charge in [0.1, 0.15) is 0 Å². The van der Waals surface area contributed by atoms with Crippen LogP contribution in [-0.4, -0.2) is 34.4 Å². The molecule has 1 saturated heterocycles. The van der Waals surface area contributed by atoms with E-state index in [2.05, 4.69) is 4.74 Å². The summed E-state index contributed by atoms with van der Waals surface area (Å²) in [5, 5.41) is 0.109. The van der Waals surface area contributed by atoms with E-state index in [-0.39, 0.29) is 6.61 Å². The van der Waals surface area contributed by atoms with Crippen molar-refractivity contribution in [3.63, 3.8) is 0 Å². The molecule has 1 aliphatic heterocycles. The normalized spacial score (nSPS) is 20.2. The second kappa shape index (κ2) is 4.77. The zero-order chi connectivity index (χ0) is 8.97. The molecule has 1 atom stereocenters. The second-order valence-corrected chi connectivity index (χ2v) is 4.60. The number of carbonyl (C=O) groups is 2. The summed E-state index contributed by atoms with van der Waals surface area (Å²) in [5.74, 6) is 1.14. The first-order valence-corrected chi connectivity index (χ1v) is 5.73. The molecule has 0 aromatic carbocycles. The highest BCUT2D eigenvalue weighted by Crippen LogP contribution is 2.33. The summed E-state index contributed by atoms with van der Waals surface area (Å²) in [6.45, 7) is 1.95. The maximum absolute atomic E-state index is 10.9. The van der Waals surface area contributed by atoms with E-state index < -0.39 is 11.1 Å². The summed E-state index contributed by atoms with van der Waals surface area (Å²) < 4.78 is 4.54. The highest BCUT2D eigenvalue weighted by Gasteiger charge is 2.25. The van der Waals surface area contributed by atoms with Crippen LogP contribution in [0, 0.1) is 0 Å². The van der Waals surface area contributed by atoms with Gasteiger partial charge in [0.05, 0.1) is 6.61 Å². The molecular formula is C7H10O3S2. The Balaban J connectivity index is 2.12. The Morgan fingerprint density at radius 1 is 1.67 bits per heavy atom. The molecule has 1 aliphatic rings. The van der Waals surface area contributed by atoms with Crippen molar-refractivity contribution in [2.75, 3.05) is 18.1 Å². The van der Waals surface area contributed by atoms with Crippen molar-refractivity contribution in [2.24, 2.45) is 0 Å². The topological polar surface area (TPSA) is 43.4 Å². The van der Waals surface area contributed by atoms with E-state index in [4.69, 9.17) is 0 Å². The fourth-order valence-corrected chi connectivity index (χ4v) is 2.21. The lowest BCUT2D eigenvalue weighted by Gasteiger charge is -1.98. The lowest BCUT2D eigenvalue weighted by Crippen LogP contribution is -2.14. The average Bonchev–Trinajstić information content (AvgIpc) is 2.83. The summed E-state index contributed by atoms with van der Waals surface area (Å²) in [6.07, 6.45) is 0. The largest absolute Gasteiger partial charge is 0.460 e. The maximum Gasteiger partial charge on any atom is 0.385 e. The standard InChI is InChI=1S/C7H10O3S2/c1-2-10-6(8)7(9)12-4-5-3-11-5/h5H,2-4H2,1H3. The lowest BCUT2D eigenvalue weighted by molar-refractivity contribution is -0.149. The summed E-state index contributed by atoms with van der Waals surface area (Å²) in [5.41, 5.74) is 0. The van der Waals surface area contributed by atoms with Gasteiger partial charge in [0, 0.05) is 16.8 Å². The van der Waals surface area contributed by atoms with E-state index in [0.29, 0.717) is 5.25 Å². The minimum absolute atomic E-state index is 0.267. The predicted octanol–water partition coefficient (Wildman–Crippen LogP) is 0.925. The van der Waals surface area contributed by atoms with Gasteiger partial charge in [-0.05, 0) is 6.92 Å². The van der Waals surface area contributed by atoms with E-state index >= 15 is 0 Å². The molecular weight excluding hydrogens is 196 g/mol. The van der Waals surface area contributed by atoms with E-state index in [1.807, 2.05) is 11.8 Å². The van der Waals surface area contributed by atoms with Gasteiger partial charge in [-0.25, -0.2) is 4.79 Å². The van der Waals surface area contributed by atoms with Crippen molar-refractivity contribution < 1.29 is 14.3 Å². The number of hydrogen-bond donors (Lipinski definition) is 0. The Morgan fingerprint density at radius 2 is 2.33 bits per heavy atom. The van der Waals surface area contributed by atoms with Crippen LogP contribution < -0.4 is 0 Å². The van der Waals surface area contributed by atoms with Crippen molar-refractivity contribution in [2.45, 2.75) is 12.2 Å². The van der Waals surface area contributed by atoms with Crippen LogP contribution in [-0.2, 0) is 14.3 Å². The minimum Gasteiger partial charge on any atom is -0.460 e. The van der Waals surface area contributed by atoms with Gasteiger partial charge in [-0.1, -0.05) is 11.8 Å². The molecule has 0 aliphatic carbocycles. The quantitative estimate of drug-likeness (QED) is 0.390. The van der Waals surface area contributed by atoms with Gasteiger partial charge in [0.25, 0.3) is 5.12 Å². The van der Waals surface area contributed by atoms with Crippen LogP contribution >= 0.6 is 23.5 Å². The molecule has 5 heteroatoms. The fraction of sp³-hybridized carbons (Fsp3) is 0.714. The van der Waals surface area contributed by atoms with Crippen molar-refractivity contribution in [1.82, 2.24) is 0 Å². The number of thioether (sulfide) groups is 2. The molecule has 0 radical (unpaired) electrons. The zero-order valence-corrected chi connectivity index (χ0v) is 8.37. The molecule has 0 spiro atoms. The first-order chi connectivity index (χ1) is 5.74.